The molecule has 0 aromatic carbocycles. The van der Waals surface area contributed by atoms with E-state index >= 15 is 0 Å². The number of alkyl halides is 1. The smallest absolute Gasteiger partial charge is 0.206 e. The maximum Gasteiger partial charge on any atom is 0.252 e. The van der Waals surface area contributed by atoms with Crippen LogP contribution < -0.4 is 0 Å². The molecule has 1 aromatic rings. The first-order valence-corrected chi connectivity index (χ1v) is 9.97. The minimum absolute atomic E-state index is 0.0634. The largest absolute Gasteiger partial charge is 0.252 e. The molecule has 0 saturated heterocycles. The monoisotopic (exact) mass is 417 g/mol. The number of sulfonamides is 1. The molecule has 0 bridgehead atoms. The second kappa shape index (κ2) is 7.38. The number of hydrogen-bond acceptors (Lipinski definition) is 3. The van der Waals surface area contributed by atoms with Crippen molar-refractivity contribution < 1.29 is 8.42 Å². The van der Waals surface area contributed by atoms with E-state index in [4.69, 9.17) is 0 Å². The Hall–Kier alpha value is 0.570. The third-order valence-corrected chi connectivity index (χ3v) is 7.16. The number of thiophene rings is 1. The highest BCUT2D eigenvalue weighted by Crippen LogP contribution is 2.30. The molecular formula is C11H17Br2NO2S2. The Morgan fingerprint density at radius 2 is 1.94 bits per heavy atom. The summed E-state index contributed by atoms with van der Waals surface area (Å²) >= 11 is 7.90. The van der Waals surface area contributed by atoms with E-state index in [1.54, 1.807) is 16.4 Å². The molecule has 0 saturated carbocycles. The van der Waals surface area contributed by atoms with Crippen molar-refractivity contribution in [1.82, 2.24) is 4.31 Å². The molecule has 0 spiro atoms. The highest BCUT2D eigenvalue weighted by atomic mass is 79.9. The van der Waals surface area contributed by atoms with Crippen LogP contribution in [-0.2, 0) is 10.0 Å². The Kier molecular flexibility index (Phi) is 6.81. The van der Waals surface area contributed by atoms with Crippen LogP contribution in [0.3, 0.4) is 0 Å². The fourth-order valence-corrected chi connectivity index (χ4v) is 6.36. The van der Waals surface area contributed by atoms with Gasteiger partial charge in [0.2, 0.25) is 0 Å². The molecule has 104 valence electrons. The summed E-state index contributed by atoms with van der Waals surface area (Å²) in [6.07, 6.45) is 1.66. The maximum atomic E-state index is 12.6. The van der Waals surface area contributed by atoms with E-state index in [9.17, 15) is 8.42 Å². The van der Waals surface area contributed by atoms with Gasteiger partial charge in [0, 0.05) is 17.9 Å². The number of nitrogens with zero attached hydrogens (tertiary/aromatic N) is 1. The molecule has 0 aliphatic heterocycles. The molecule has 0 unspecified atom stereocenters. The normalized spacial score (nSPS) is 12.6. The summed E-state index contributed by atoms with van der Waals surface area (Å²) in [5, 5.41) is 0.648. The van der Waals surface area contributed by atoms with E-state index in [-0.39, 0.29) is 6.04 Å². The van der Waals surface area contributed by atoms with Gasteiger partial charge in [-0.2, -0.15) is 4.31 Å². The second-order valence-corrected chi connectivity index (χ2v) is 9.21. The molecule has 1 aromatic heterocycles. The lowest BCUT2D eigenvalue weighted by atomic mass is 10.2. The molecule has 0 radical (unpaired) electrons. The van der Waals surface area contributed by atoms with Crippen molar-refractivity contribution in [2.24, 2.45) is 0 Å². The first-order chi connectivity index (χ1) is 8.47. The van der Waals surface area contributed by atoms with Gasteiger partial charge in [0.1, 0.15) is 4.21 Å². The van der Waals surface area contributed by atoms with E-state index in [1.165, 1.54) is 11.3 Å². The van der Waals surface area contributed by atoms with Gasteiger partial charge in [-0.15, -0.1) is 11.3 Å². The molecule has 0 fully saturated rings. The fourth-order valence-electron chi connectivity index (χ4n) is 1.83. The van der Waals surface area contributed by atoms with E-state index in [0.717, 1.165) is 16.6 Å². The van der Waals surface area contributed by atoms with Crippen molar-refractivity contribution >= 4 is 53.2 Å². The standard InChI is InChI=1S/C11H17Br2NO2S2/c1-3-9(4-2)14(8-7-12)18(15,16)11-6-5-10(13)17-11/h5-6,9H,3-4,7-8H2,1-2H3. The minimum atomic E-state index is -3.37. The highest BCUT2D eigenvalue weighted by Gasteiger charge is 2.30. The summed E-state index contributed by atoms with van der Waals surface area (Å²) in [5.74, 6) is 0. The predicted molar refractivity (Wildman–Crippen MR) is 84.1 cm³/mol. The van der Waals surface area contributed by atoms with Gasteiger partial charge in [-0.1, -0.05) is 29.8 Å². The molecule has 0 amide bonds. The zero-order chi connectivity index (χ0) is 13.8. The van der Waals surface area contributed by atoms with Crippen LogP contribution in [0.1, 0.15) is 26.7 Å². The van der Waals surface area contributed by atoms with Gasteiger partial charge in [0.15, 0.2) is 0 Å². The average Bonchev–Trinajstić information content (AvgIpc) is 2.77. The van der Waals surface area contributed by atoms with E-state index in [0.29, 0.717) is 16.1 Å². The molecule has 0 atom stereocenters. The van der Waals surface area contributed by atoms with Gasteiger partial charge in [-0.3, -0.25) is 0 Å². The Morgan fingerprint density at radius 3 is 2.33 bits per heavy atom. The Balaban J connectivity index is 3.11. The van der Waals surface area contributed by atoms with Gasteiger partial charge < -0.3 is 0 Å². The lowest BCUT2D eigenvalue weighted by molar-refractivity contribution is 0.318. The van der Waals surface area contributed by atoms with Crippen LogP contribution in [-0.4, -0.2) is 30.6 Å². The summed E-state index contributed by atoms with van der Waals surface area (Å²) in [7, 11) is -3.37. The maximum absolute atomic E-state index is 12.6. The average molecular weight is 419 g/mol. The van der Waals surface area contributed by atoms with Crippen molar-refractivity contribution in [3.8, 4) is 0 Å². The van der Waals surface area contributed by atoms with Crippen LogP contribution in [0.4, 0.5) is 0 Å². The first kappa shape index (κ1) is 16.6. The summed E-state index contributed by atoms with van der Waals surface area (Å²) in [5.41, 5.74) is 0. The van der Waals surface area contributed by atoms with Crippen molar-refractivity contribution in [2.45, 2.75) is 36.9 Å². The molecule has 1 rings (SSSR count). The minimum Gasteiger partial charge on any atom is -0.206 e. The number of hydrogen-bond donors (Lipinski definition) is 0. The summed E-state index contributed by atoms with van der Waals surface area (Å²) in [6, 6.07) is 3.50. The van der Waals surface area contributed by atoms with Crippen LogP contribution in [0.25, 0.3) is 0 Å². The molecule has 3 nitrogen and oxygen atoms in total. The Labute approximate surface area is 130 Å². The second-order valence-electron chi connectivity index (χ2n) is 3.83. The van der Waals surface area contributed by atoms with Crippen LogP contribution in [0, 0.1) is 0 Å². The number of rotatable bonds is 7. The molecule has 0 N–H and O–H groups in total. The van der Waals surface area contributed by atoms with Crippen LogP contribution in [0.5, 0.6) is 0 Å². The fraction of sp³-hybridized carbons (Fsp3) is 0.636. The summed E-state index contributed by atoms with van der Waals surface area (Å²) in [6.45, 7) is 4.55. The first-order valence-electron chi connectivity index (χ1n) is 5.80. The van der Waals surface area contributed by atoms with Crippen molar-refractivity contribution in [1.29, 1.82) is 0 Å². The topological polar surface area (TPSA) is 37.4 Å². The van der Waals surface area contributed by atoms with E-state index in [1.807, 2.05) is 13.8 Å². The third-order valence-electron chi connectivity index (χ3n) is 2.77. The molecule has 7 heteroatoms. The highest BCUT2D eigenvalue weighted by molar-refractivity contribution is 9.11. The third kappa shape index (κ3) is 3.79. The quantitative estimate of drug-likeness (QED) is 0.625. The molecule has 0 aliphatic rings. The van der Waals surface area contributed by atoms with Gasteiger partial charge in [-0.25, -0.2) is 8.42 Å². The van der Waals surface area contributed by atoms with Gasteiger partial charge in [0.05, 0.1) is 3.79 Å². The SMILES string of the molecule is CCC(CC)N(CCBr)S(=O)(=O)c1ccc(Br)s1. The lowest BCUT2D eigenvalue weighted by Gasteiger charge is -2.28. The van der Waals surface area contributed by atoms with Crippen LogP contribution in [0.2, 0.25) is 0 Å². The van der Waals surface area contributed by atoms with Gasteiger partial charge in [-0.05, 0) is 40.9 Å². The molecule has 18 heavy (non-hydrogen) atoms. The van der Waals surface area contributed by atoms with E-state index in [2.05, 4.69) is 31.9 Å². The van der Waals surface area contributed by atoms with Gasteiger partial charge >= 0.3 is 0 Å². The Morgan fingerprint density at radius 1 is 1.33 bits per heavy atom. The van der Waals surface area contributed by atoms with Crippen molar-refractivity contribution in [3.63, 3.8) is 0 Å². The number of halogens is 2. The predicted octanol–water partition coefficient (Wildman–Crippen LogP) is 4.08. The van der Waals surface area contributed by atoms with Crippen LogP contribution in [0.15, 0.2) is 20.1 Å². The summed E-state index contributed by atoms with van der Waals surface area (Å²) in [4.78, 5) is 0. The van der Waals surface area contributed by atoms with Crippen molar-refractivity contribution in [3.05, 3.63) is 15.9 Å². The molecule has 0 aliphatic carbocycles. The zero-order valence-corrected chi connectivity index (χ0v) is 15.2. The van der Waals surface area contributed by atoms with Gasteiger partial charge in [0.25, 0.3) is 10.0 Å². The molecule has 1 heterocycles. The van der Waals surface area contributed by atoms with Crippen molar-refractivity contribution in [2.75, 3.05) is 11.9 Å². The van der Waals surface area contributed by atoms with E-state index < -0.39 is 10.0 Å². The Bertz CT molecular complexity index is 469. The molecular weight excluding hydrogens is 402 g/mol. The summed E-state index contributed by atoms with van der Waals surface area (Å²) < 4.78 is 28.0. The lowest BCUT2D eigenvalue weighted by Crippen LogP contribution is -2.40. The van der Waals surface area contributed by atoms with Crippen LogP contribution >= 0.6 is 43.2 Å². The zero-order valence-electron chi connectivity index (χ0n) is 10.4.